The lowest BCUT2D eigenvalue weighted by molar-refractivity contribution is -0.141. The summed E-state index contributed by atoms with van der Waals surface area (Å²) in [6.07, 6.45) is 3.12. The molecule has 2 aromatic carbocycles. The Labute approximate surface area is 214 Å². The van der Waals surface area contributed by atoms with Crippen molar-refractivity contribution in [1.82, 2.24) is 15.2 Å². The molecule has 1 aliphatic heterocycles. The molecule has 0 saturated heterocycles. The molecule has 8 nitrogen and oxygen atoms in total. The third-order valence-electron chi connectivity index (χ3n) is 5.77. The van der Waals surface area contributed by atoms with Gasteiger partial charge in [-0.3, -0.25) is 9.88 Å². The number of carbonyl (C=O) groups is 3. The Bertz CT molecular complexity index is 1300. The first kappa shape index (κ1) is 24.9. The minimum Gasteiger partial charge on any atom is -0.457 e. The summed E-state index contributed by atoms with van der Waals surface area (Å²) in [6, 6.07) is 17.0. The van der Waals surface area contributed by atoms with Gasteiger partial charge in [0.2, 0.25) is 0 Å². The van der Waals surface area contributed by atoms with Crippen LogP contribution in [0.25, 0.3) is 0 Å². The van der Waals surface area contributed by atoms with Crippen molar-refractivity contribution < 1.29 is 19.1 Å². The zero-order chi connectivity index (χ0) is 25.7. The summed E-state index contributed by atoms with van der Waals surface area (Å²) >= 11 is 6.26. The Hall–Kier alpha value is -4.17. The molecule has 184 valence electrons. The highest BCUT2D eigenvalue weighted by Gasteiger charge is 2.43. The predicted molar refractivity (Wildman–Crippen MR) is 136 cm³/mol. The quantitative estimate of drug-likeness (QED) is 0.450. The average Bonchev–Trinajstić information content (AvgIpc) is 2.88. The third-order valence-corrected chi connectivity index (χ3v) is 6.01. The number of aromatic nitrogens is 1. The standard InChI is InChI=1S/C27H25ClN4O4/c1-3-31(22-12-14-29-15-13-22)27(35)32-24(20-10-7-11-21(28)16-20)23(18(2)30-26(32)34)25(33)36-17-19-8-5-4-6-9-19/h4-16,24H,3,17H2,1-2H3,(H,30,34). The molecule has 0 radical (unpaired) electrons. The fourth-order valence-corrected chi connectivity index (χ4v) is 4.28. The highest BCUT2D eigenvalue weighted by Crippen LogP contribution is 2.36. The van der Waals surface area contributed by atoms with E-state index in [1.165, 1.54) is 4.90 Å². The minimum atomic E-state index is -1.05. The van der Waals surface area contributed by atoms with Gasteiger partial charge in [-0.05, 0) is 49.2 Å². The molecular formula is C27H25ClN4O4. The number of urea groups is 2. The second kappa shape index (κ2) is 11.0. The van der Waals surface area contributed by atoms with Crippen LogP contribution in [-0.4, -0.2) is 34.5 Å². The summed E-state index contributed by atoms with van der Waals surface area (Å²) in [5.74, 6) is -0.647. The summed E-state index contributed by atoms with van der Waals surface area (Å²) in [5.41, 5.74) is 2.33. The van der Waals surface area contributed by atoms with Crippen molar-refractivity contribution in [3.05, 3.63) is 107 Å². The van der Waals surface area contributed by atoms with E-state index in [4.69, 9.17) is 16.3 Å². The van der Waals surface area contributed by atoms with Crippen molar-refractivity contribution in [2.24, 2.45) is 0 Å². The number of allylic oxidation sites excluding steroid dienone is 1. The largest absolute Gasteiger partial charge is 0.457 e. The Morgan fingerprint density at radius 1 is 1.08 bits per heavy atom. The van der Waals surface area contributed by atoms with Crippen LogP contribution < -0.4 is 10.2 Å². The normalized spacial score (nSPS) is 15.4. The van der Waals surface area contributed by atoms with Crippen LogP contribution in [0.3, 0.4) is 0 Å². The SMILES string of the molecule is CCN(C(=O)N1C(=O)NC(C)=C(C(=O)OCc2ccccc2)C1c1cccc(Cl)c1)c1ccncc1. The van der Waals surface area contributed by atoms with Crippen LogP contribution in [0.2, 0.25) is 5.02 Å². The zero-order valence-electron chi connectivity index (χ0n) is 19.8. The van der Waals surface area contributed by atoms with Crippen molar-refractivity contribution in [3.63, 3.8) is 0 Å². The molecule has 3 aromatic rings. The number of imide groups is 1. The van der Waals surface area contributed by atoms with Gasteiger partial charge in [-0.1, -0.05) is 54.1 Å². The Kier molecular flexibility index (Phi) is 7.65. The Balaban J connectivity index is 1.75. The molecule has 1 atom stereocenters. The number of carbonyl (C=O) groups excluding carboxylic acids is 3. The van der Waals surface area contributed by atoms with E-state index in [9.17, 15) is 14.4 Å². The molecule has 0 spiro atoms. The summed E-state index contributed by atoms with van der Waals surface area (Å²) in [7, 11) is 0. The van der Waals surface area contributed by atoms with E-state index in [-0.39, 0.29) is 18.7 Å². The lowest BCUT2D eigenvalue weighted by atomic mass is 9.94. The fraction of sp³-hybridized carbons (Fsp3) is 0.185. The van der Waals surface area contributed by atoms with Crippen LogP contribution in [0.4, 0.5) is 15.3 Å². The molecule has 36 heavy (non-hydrogen) atoms. The van der Waals surface area contributed by atoms with E-state index >= 15 is 0 Å². The molecule has 4 rings (SSSR count). The zero-order valence-corrected chi connectivity index (χ0v) is 20.6. The van der Waals surface area contributed by atoms with Gasteiger partial charge in [0.15, 0.2) is 0 Å². The van der Waals surface area contributed by atoms with Gasteiger partial charge < -0.3 is 10.1 Å². The minimum absolute atomic E-state index is 0.0404. The van der Waals surface area contributed by atoms with Gasteiger partial charge in [-0.25, -0.2) is 19.3 Å². The molecule has 1 aliphatic rings. The molecule has 1 unspecified atom stereocenters. The van der Waals surface area contributed by atoms with Crippen LogP contribution in [0.15, 0.2) is 90.4 Å². The molecule has 9 heteroatoms. The number of nitrogens with one attached hydrogen (secondary N) is 1. The smallest absolute Gasteiger partial charge is 0.338 e. The van der Waals surface area contributed by atoms with Gasteiger partial charge in [0.05, 0.1) is 5.57 Å². The topological polar surface area (TPSA) is 91.8 Å². The second-order valence-corrected chi connectivity index (χ2v) is 8.53. The summed E-state index contributed by atoms with van der Waals surface area (Å²) < 4.78 is 5.61. The fourth-order valence-electron chi connectivity index (χ4n) is 4.08. The van der Waals surface area contributed by atoms with Gasteiger partial charge in [0, 0.05) is 35.3 Å². The first-order valence-electron chi connectivity index (χ1n) is 11.4. The van der Waals surface area contributed by atoms with Crippen molar-refractivity contribution >= 4 is 35.3 Å². The highest BCUT2D eigenvalue weighted by atomic mass is 35.5. The molecule has 0 bridgehead atoms. The van der Waals surface area contributed by atoms with Crippen LogP contribution in [0.1, 0.15) is 31.0 Å². The average molecular weight is 505 g/mol. The van der Waals surface area contributed by atoms with Gasteiger partial charge >= 0.3 is 18.0 Å². The van der Waals surface area contributed by atoms with Crippen molar-refractivity contribution in [1.29, 1.82) is 0 Å². The van der Waals surface area contributed by atoms with Crippen molar-refractivity contribution in [2.75, 3.05) is 11.4 Å². The Morgan fingerprint density at radius 3 is 2.47 bits per heavy atom. The highest BCUT2D eigenvalue weighted by molar-refractivity contribution is 6.30. The van der Waals surface area contributed by atoms with E-state index in [2.05, 4.69) is 10.3 Å². The van der Waals surface area contributed by atoms with E-state index in [1.54, 1.807) is 62.6 Å². The van der Waals surface area contributed by atoms with Crippen molar-refractivity contribution in [3.8, 4) is 0 Å². The van der Waals surface area contributed by atoms with Gasteiger partial charge in [0.1, 0.15) is 12.6 Å². The predicted octanol–water partition coefficient (Wildman–Crippen LogP) is 5.47. The lowest BCUT2D eigenvalue weighted by Crippen LogP contribution is -2.55. The number of ether oxygens (including phenoxy) is 1. The molecule has 1 N–H and O–H groups in total. The number of anilines is 1. The Morgan fingerprint density at radius 2 is 1.81 bits per heavy atom. The number of halogens is 1. The number of rotatable bonds is 6. The first-order chi connectivity index (χ1) is 17.4. The second-order valence-electron chi connectivity index (χ2n) is 8.09. The number of hydrogen-bond acceptors (Lipinski definition) is 5. The van der Waals surface area contributed by atoms with Crippen LogP contribution in [-0.2, 0) is 16.1 Å². The molecule has 0 aliphatic carbocycles. The maximum atomic E-state index is 13.8. The van der Waals surface area contributed by atoms with E-state index in [1.807, 2.05) is 30.3 Å². The molecular weight excluding hydrogens is 480 g/mol. The number of amides is 4. The number of nitrogens with zero attached hydrogens (tertiary/aromatic N) is 3. The van der Waals surface area contributed by atoms with Crippen molar-refractivity contribution in [2.45, 2.75) is 26.5 Å². The van der Waals surface area contributed by atoms with Crippen LogP contribution in [0, 0.1) is 0 Å². The molecule has 2 heterocycles. The monoisotopic (exact) mass is 504 g/mol. The summed E-state index contributed by atoms with van der Waals surface area (Å²) in [5, 5.41) is 3.06. The third kappa shape index (κ3) is 5.23. The summed E-state index contributed by atoms with van der Waals surface area (Å²) in [4.78, 5) is 47.0. The number of pyridine rings is 1. The lowest BCUT2D eigenvalue weighted by Gasteiger charge is -2.38. The van der Waals surface area contributed by atoms with E-state index in [0.717, 1.165) is 10.5 Å². The molecule has 0 saturated carbocycles. The van der Waals surface area contributed by atoms with Gasteiger partial charge in [0.25, 0.3) is 0 Å². The van der Waals surface area contributed by atoms with Crippen LogP contribution in [0.5, 0.6) is 0 Å². The molecule has 4 amide bonds. The number of hydrogen-bond donors (Lipinski definition) is 1. The maximum absolute atomic E-state index is 13.8. The van der Waals surface area contributed by atoms with Gasteiger partial charge in [-0.2, -0.15) is 0 Å². The first-order valence-corrected chi connectivity index (χ1v) is 11.8. The maximum Gasteiger partial charge on any atom is 0.338 e. The number of esters is 1. The summed E-state index contributed by atoms with van der Waals surface area (Å²) in [6.45, 7) is 3.73. The molecule has 1 aromatic heterocycles. The number of benzene rings is 2. The van der Waals surface area contributed by atoms with Crippen LogP contribution >= 0.6 is 11.6 Å². The van der Waals surface area contributed by atoms with E-state index in [0.29, 0.717) is 22.0 Å². The van der Waals surface area contributed by atoms with Gasteiger partial charge in [-0.15, -0.1) is 0 Å². The molecule has 0 fully saturated rings. The van der Waals surface area contributed by atoms with E-state index < -0.39 is 24.1 Å².